The Hall–Kier alpha value is -3.63. The van der Waals surface area contributed by atoms with Crippen molar-refractivity contribution in [2.45, 2.75) is 102 Å². The maximum atomic E-state index is 14.5. The lowest BCUT2D eigenvalue weighted by atomic mass is 9.89. The van der Waals surface area contributed by atoms with E-state index in [1.54, 1.807) is 4.90 Å². The van der Waals surface area contributed by atoms with Gasteiger partial charge in [0.1, 0.15) is 6.09 Å². The summed E-state index contributed by atoms with van der Waals surface area (Å²) in [5.74, 6) is 0.440. The van der Waals surface area contributed by atoms with Gasteiger partial charge in [-0.1, -0.05) is 44.2 Å². The van der Waals surface area contributed by atoms with Gasteiger partial charge in [-0.05, 0) is 70.1 Å². The van der Waals surface area contributed by atoms with Crippen LogP contribution in [0.3, 0.4) is 0 Å². The van der Waals surface area contributed by atoms with E-state index in [2.05, 4.69) is 5.32 Å². The van der Waals surface area contributed by atoms with Crippen molar-refractivity contribution >= 4 is 22.1 Å². The number of carbonyl (C=O) groups is 2. The van der Waals surface area contributed by atoms with Crippen molar-refractivity contribution in [1.82, 2.24) is 19.4 Å². The Morgan fingerprint density at radius 2 is 1.71 bits per heavy atom. The highest BCUT2D eigenvalue weighted by Gasteiger charge is 2.47. The molecule has 0 radical (unpaired) electrons. The Balaban J connectivity index is 1.44. The van der Waals surface area contributed by atoms with Crippen LogP contribution in [-0.2, 0) is 25.9 Å². The van der Waals surface area contributed by atoms with E-state index in [4.69, 9.17) is 18.9 Å². The Kier molecular flexibility index (Phi) is 12.6. The predicted octanol–water partition coefficient (Wildman–Crippen LogP) is 3.03. The molecule has 3 aliphatic rings. The monoisotopic (exact) mass is 745 g/mol. The number of hydrogen-bond donors (Lipinski definition) is 2. The van der Waals surface area contributed by atoms with Gasteiger partial charge in [-0.3, -0.25) is 0 Å². The largest absolute Gasteiger partial charge is 0.530 e. The number of aliphatic hydroxyl groups is 1. The van der Waals surface area contributed by atoms with Crippen LogP contribution in [0.5, 0.6) is 11.5 Å². The van der Waals surface area contributed by atoms with Crippen LogP contribution in [-0.4, -0.2) is 116 Å². The summed E-state index contributed by atoms with van der Waals surface area (Å²) in [6, 6.07) is 11.5. The zero-order chi connectivity index (χ0) is 37.8. The zero-order valence-corrected chi connectivity index (χ0v) is 31.7. The third-order valence-electron chi connectivity index (χ3n) is 10.1. The quantitative estimate of drug-likeness (QED) is 0.261. The number of hydrogen-bond acceptors (Lipinski definition) is 10. The lowest BCUT2D eigenvalue weighted by Gasteiger charge is -2.43. The standard InChI is InChI=1S/C37H54N4O10S/c1-24(2)40(25(3)4)35(43)38-16-15-37(5,6)22-39(52(46,47)27-12-13-32-33(19-27)51-23-50-32)20-31(42)29(18-26-10-8-7-9-11-26)41(36(44)45)30-21-49-34-28(30)14-17-48-34/h7-13,19,24-25,28-31,34,42H,14-18,20-23H2,1-6H3,(H,38,43)(H,44,45)/p-1/t28-,29-,30-,31+,34+/m0/s1. The van der Waals surface area contributed by atoms with Crippen molar-refractivity contribution in [2.24, 2.45) is 11.3 Å². The first-order valence-corrected chi connectivity index (χ1v) is 19.4. The van der Waals surface area contributed by atoms with Crippen LogP contribution in [0.4, 0.5) is 9.59 Å². The summed E-state index contributed by atoms with van der Waals surface area (Å²) < 4.78 is 52.6. The number of ether oxygens (including phenoxy) is 4. The lowest BCUT2D eigenvalue weighted by molar-refractivity contribution is -0.273. The molecule has 0 bridgehead atoms. The molecule has 0 saturated carbocycles. The average Bonchev–Trinajstić information content (AvgIpc) is 3.82. The van der Waals surface area contributed by atoms with E-state index in [1.807, 2.05) is 71.9 Å². The Morgan fingerprint density at radius 3 is 2.38 bits per heavy atom. The second-order valence-electron chi connectivity index (χ2n) is 15.1. The van der Waals surface area contributed by atoms with Crippen molar-refractivity contribution in [1.29, 1.82) is 0 Å². The summed E-state index contributed by atoms with van der Waals surface area (Å²) in [6.45, 7) is 11.8. The zero-order valence-electron chi connectivity index (χ0n) is 30.9. The molecule has 3 aliphatic heterocycles. The number of urea groups is 1. The van der Waals surface area contributed by atoms with Crippen LogP contribution in [0.25, 0.3) is 0 Å². The summed E-state index contributed by atoms with van der Waals surface area (Å²) in [5.41, 5.74) is 0.0575. The maximum Gasteiger partial charge on any atom is 0.317 e. The van der Waals surface area contributed by atoms with E-state index >= 15 is 0 Å². The second kappa shape index (κ2) is 16.6. The number of benzene rings is 2. The molecule has 3 amide bonds. The van der Waals surface area contributed by atoms with E-state index in [0.717, 1.165) is 10.5 Å². The highest BCUT2D eigenvalue weighted by atomic mass is 32.2. The molecule has 14 nitrogen and oxygen atoms in total. The van der Waals surface area contributed by atoms with Gasteiger partial charge in [-0.25, -0.2) is 13.2 Å². The van der Waals surface area contributed by atoms with Gasteiger partial charge in [0.25, 0.3) is 0 Å². The summed E-state index contributed by atoms with van der Waals surface area (Å²) in [7, 11) is -4.30. The number of rotatable bonds is 16. The number of carbonyl (C=O) groups excluding carboxylic acids is 2. The molecule has 2 saturated heterocycles. The normalized spacial score (nSPS) is 21.0. The van der Waals surface area contributed by atoms with Gasteiger partial charge < -0.3 is 49.1 Å². The summed E-state index contributed by atoms with van der Waals surface area (Å²) in [5, 5.41) is 28.1. The fourth-order valence-electron chi connectivity index (χ4n) is 7.51. The first kappa shape index (κ1) is 39.6. The molecule has 5 atom stereocenters. The van der Waals surface area contributed by atoms with Gasteiger partial charge in [-0.2, -0.15) is 4.31 Å². The summed E-state index contributed by atoms with van der Waals surface area (Å²) in [6.07, 6.45) is -2.44. The van der Waals surface area contributed by atoms with Crippen molar-refractivity contribution in [2.75, 3.05) is 39.6 Å². The third kappa shape index (κ3) is 9.11. The van der Waals surface area contributed by atoms with Crippen LogP contribution >= 0.6 is 0 Å². The van der Waals surface area contributed by atoms with Crippen LogP contribution < -0.4 is 19.9 Å². The van der Waals surface area contributed by atoms with Crippen LogP contribution in [0, 0.1) is 11.3 Å². The molecule has 2 fully saturated rings. The molecule has 0 aromatic heterocycles. The van der Waals surface area contributed by atoms with Crippen molar-refractivity contribution in [3.05, 3.63) is 54.1 Å². The summed E-state index contributed by atoms with van der Waals surface area (Å²) in [4.78, 5) is 28.8. The SMILES string of the molecule is CC(C)N(C(=O)NCCC(C)(C)CN(C[C@@H](O)[C@H](Cc1ccccc1)N(C(=O)[O-])[C@H]1CO[C@H]2OCC[C@H]21)S(=O)(=O)c1ccc2c(c1)OCO2)C(C)C. The second-order valence-corrected chi connectivity index (χ2v) is 17.1. The van der Waals surface area contributed by atoms with Gasteiger partial charge in [0.05, 0.1) is 36.3 Å². The number of fused-ring (bicyclic) bond motifs is 2. The van der Waals surface area contributed by atoms with Crippen molar-refractivity contribution < 1.29 is 47.2 Å². The molecule has 52 heavy (non-hydrogen) atoms. The van der Waals surface area contributed by atoms with Crippen LogP contribution in [0.1, 0.15) is 59.9 Å². The fourth-order valence-corrected chi connectivity index (χ4v) is 9.17. The molecule has 288 valence electrons. The predicted molar refractivity (Wildman–Crippen MR) is 190 cm³/mol. The van der Waals surface area contributed by atoms with Crippen molar-refractivity contribution in [3.8, 4) is 11.5 Å². The molecule has 0 aliphatic carbocycles. The van der Waals surface area contributed by atoms with Gasteiger partial charge in [-0.15, -0.1) is 0 Å². The van der Waals surface area contributed by atoms with E-state index in [0.29, 0.717) is 25.2 Å². The van der Waals surface area contributed by atoms with E-state index in [1.165, 1.54) is 22.5 Å². The summed E-state index contributed by atoms with van der Waals surface area (Å²) >= 11 is 0. The Morgan fingerprint density at radius 1 is 1.02 bits per heavy atom. The van der Waals surface area contributed by atoms with E-state index in [-0.39, 0.29) is 67.6 Å². The van der Waals surface area contributed by atoms with Gasteiger partial charge in [0, 0.05) is 43.7 Å². The topological polar surface area (TPSA) is 170 Å². The first-order valence-electron chi connectivity index (χ1n) is 18.0. The van der Waals surface area contributed by atoms with E-state index < -0.39 is 52.6 Å². The molecule has 2 aromatic carbocycles. The van der Waals surface area contributed by atoms with Gasteiger partial charge in [0.15, 0.2) is 17.8 Å². The Labute approximate surface area is 307 Å². The molecule has 2 N–H and O–H groups in total. The fraction of sp³-hybridized carbons (Fsp3) is 0.622. The highest BCUT2D eigenvalue weighted by molar-refractivity contribution is 7.89. The number of nitrogens with zero attached hydrogens (tertiary/aromatic N) is 3. The molecule has 0 unspecified atom stereocenters. The number of amides is 3. The van der Waals surface area contributed by atoms with Crippen LogP contribution in [0.15, 0.2) is 53.4 Å². The van der Waals surface area contributed by atoms with Crippen molar-refractivity contribution in [3.63, 3.8) is 0 Å². The average molecular weight is 746 g/mol. The van der Waals surface area contributed by atoms with Gasteiger partial charge in [0.2, 0.25) is 16.8 Å². The third-order valence-corrected chi connectivity index (χ3v) is 11.9. The lowest BCUT2D eigenvalue weighted by Crippen LogP contribution is -2.61. The number of carboxylic acid groups (broad SMARTS) is 1. The minimum atomic E-state index is -4.30. The van der Waals surface area contributed by atoms with Crippen LogP contribution in [0.2, 0.25) is 0 Å². The molecule has 5 rings (SSSR count). The number of nitrogens with one attached hydrogen (secondary N) is 1. The maximum absolute atomic E-state index is 14.5. The minimum Gasteiger partial charge on any atom is -0.530 e. The van der Waals surface area contributed by atoms with Gasteiger partial charge >= 0.3 is 6.03 Å². The highest BCUT2D eigenvalue weighted by Crippen LogP contribution is 2.38. The molecule has 15 heteroatoms. The molecular formula is C37H53N4O10S-. The minimum absolute atomic E-state index is 0.0101. The van der Waals surface area contributed by atoms with E-state index in [9.17, 15) is 28.2 Å². The smallest absolute Gasteiger partial charge is 0.317 e. The number of aliphatic hydroxyl groups excluding tert-OH is 1. The molecule has 3 heterocycles. The molecule has 0 spiro atoms. The molecular weight excluding hydrogens is 692 g/mol. The number of sulfonamides is 1. The molecule has 2 aromatic rings. The first-order chi connectivity index (χ1) is 24.6. The Bertz CT molecular complexity index is 1630.